The minimum Gasteiger partial charge on any atom is -0.394 e. The monoisotopic (exact) mass is 339 g/mol. The van der Waals surface area contributed by atoms with Gasteiger partial charge in [0.05, 0.1) is 12.6 Å². The number of hydrogen-bond acceptors (Lipinski definition) is 4. The highest BCUT2D eigenvalue weighted by Crippen LogP contribution is 2.11. The van der Waals surface area contributed by atoms with Crippen molar-refractivity contribution < 1.29 is 9.90 Å². The molecule has 0 saturated carbocycles. The Kier molecular flexibility index (Phi) is 5.58. The van der Waals surface area contributed by atoms with E-state index in [1.165, 1.54) is 0 Å². The van der Waals surface area contributed by atoms with Gasteiger partial charge in [-0.2, -0.15) is 0 Å². The van der Waals surface area contributed by atoms with Gasteiger partial charge in [-0.25, -0.2) is 4.79 Å². The number of nitrogens with one attached hydrogen (secondary N) is 2. The normalized spacial score (nSPS) is 12.0. The van der Waals surface area contributed by atoms with Crippen molar-refractivity contribution >= 4 is 11.7 Å². The molecule has 2 amide bonds. The number of aryl methyl sites for hydroxylation is 1. The molecule has 7 heteroatoms. The van der Waals surface area contributed by atoms with Gasteiger partial charge in [-0.1, -0.05) is 36.4 Å². The van der Waals surface area contributed by atoms with Gasteiger partial charge in [0.2, 0.25) is 0 Å². The Balaban J connectivity index is 1.45. The second-order valence-electron chi connectivity index (χ2n) is 5.69. The van der Waals surface area contributed by atoms with E-state index in [2.05, 4.69) is 20.8 Å². The summed E-state index contributed by atoms with van der Waals surface area (Å²) in [6, 6.07) is 14.4. The van der Waals surface area contributed by atoms with Gasteiger partial charge < -0.3 is 15.7 Å². The number of aliphatic hydroxyl groups excluding tert-OH is 1. The van der Waals surface area contributed by atoms with Gasteiger partial charge in [0, 0.05) is 19.2 Å². The second-order valence-corrected chi connectivity index (χ2v) is 5.69. The Hall–Kier alpha value is -2.93. The molecular formula is C18H21N5O2. The number of aliphatic hydroxyl groups is 1. The summed E-state index contributed by atoms with van der Waals surface area (Å²) in [5.74, 6) is 0.871. The number of fused-ring (bicyclic) bond motifs is 1. The molecule has 0 fully saturated rings. The van der Waals surface area contributed by atoms with Crippen LogP contribution in [0.2, 0.25) is 0 Å². The lowest BCUT2D eigenvalue weighted by atomic mass is 10.1. The first-order chi connectivity index (χ1) is 12.3. The molecule has 0 aliphatic carbocycles. The number of aromatic nitrogens is 3. The van der Waals surface area contributed by atoms with E-state index in [0.717, 1.165) is 23.5 Å². The molecule has 2 heterocycles. The van der Waals surface area contributed by atoms with Gasteiger partial charge in [-0.3, -0.25) is 4.40 Å². The zero-order valence-corrected chi connectivity index (χ0v) is 13.8. The van der Waals surface area contributed by atoms with Crippen LogP contribution in [0.15, 0.2) is 54.7 Å². The van der Waals surface area contributed by atoms with Crippen LogP contribution < -0.4 is 10.6 Å². The fourth-order valence-corrected chi connectivity index (χ4v) is 2.64. The smallest absolute Gasteiger partial charge is 0.315 e. The van der Waals surface area contributed by atoms with Crippen LogP contribution in [0, 0.1) is 0 Å². The maximum atomic E-state index is 12.0. The Labute approximate surface area is 145 Å². The summed E-state index contributed by atoms with van der Waals surface area (Å²) in [6.45, 7) is 0.365. The number of rotatable bonds is 7. The number of carbonyl (C=O) groups excluding carboxylic acids is 1. The summed E-state index contributed by atoms with van der Waals surface area (Å²) in [5.41, 5.74) is 1.69. The molecule has 1 aromatic carbocycles. The maximum Gasteiger partial charge on any atom is 0.315 e. The number of amides is 2. The van der Waals surface area contributed by atoms with E-state index in [1.54, 1.807) is 0 Å². The Morgan fingerprint density at radius 3 is 2.72 bits per heavy atom. The number of benzene rings is 1. The van der Waals surface area contributed by atoms with Gasteiger partial charge in [0.1, 0.15) is 5.82 Å². The van der Waals surface area contributed by atoms with E-state index < -0.39 is 6.04 Å². The fraction of sp³-hybridized carbons (Fsp3) is 0.278. The van der Waals surface area contributed by atoms with Crippen molar-refractivity contribution in [2.45, 2.75) is 18.9 Å². The molecule has 2 aromatic heterocycles. The van der Waals surface area contributed by atoms with Crippen molar-refractivity contribution in [1.82, 2.24) is 25.2 Å². The summed E-state index contributed by atoms with van der Waals surface area (Å²) < 4.78 is 1.94. The van der Waals surface area contributed by atoms with Crippen molar-refractivity contribution in [3.8, 4) is 0 Å². The summed E-state index contributed by atoms with van der Waals surface area (Å²) in [7, 11) is 0. The average molecular weight is 339 g/mol. The van der Waals surface area contributed by atoms with Gasteiger partial charge in [-0.15, -0.1) is 10.2 Å². The highest BCUT2D eigenvalue weighted by molar-refractivity contribution is 5.74. The molecule has 1 atom stereocenters. The predicted octanol–water partition coefficient (Wildman–Crippen LogP) is 1.69. The molecule has 0 saturated heterocycles. The minimum atomic E-state index is -0.415. The van der Waals surface area contributed by atoms with Gasteiger partial charge in [0.15, 0.2) is 5.65 Å². The molecule has 3 N–H and O–H groups in total. The van der Waals surface area contributed by atoms with Crippen LogP contribution in [-0.2, 0) is 6.42 Å². The molecule has 130 valence electrons. The second kappa shape index (κ2) is 8.25. The maximum absolute atomic E-state index is 12.0. The number of pyridine rings is 1. The fourth-order valence-electron chi connectivity index (χ4n) is 2.64. The van der Waals surface area contributed by atoms with E-state index >= 15 is 0 Å². The lowest BCUT2D eigenvalue weighted by Crippen LogP contribution is -2.39. The third-order valence-corrected chi connectivity index (χ3v) is 3.94. The average Bonchev–Trinajstić information content (AvgIpc) is 3.07. The van der Waals surface area contributed by atoms with Crippen molar-refractivity contribution in [3.63, 3.8) is 0 Å². The quantitative estimate of drug-likeness (QED) is 0.571. The van der Waals surface area contributed by atoms with Crippen LogP contribution in [0.5, 0.6) is 0 Å². The molecular weight excluding hydrogens is 318 g/mol. The lowest BCUT2D eigenvalue weighted by molar-refractivity contribution is 0.217. The third-order valence-electron chi connectivity index (χ3n) is 3.94. The SMILES string of the molecule is O=C(NCCCc1nnc2ccccn12)NC(CO)c1ccccc1. The van der Waals surface area contributed by atoms with E-state index in [9.17, 15) is 9.90 Å². The standard InChI is InChI=1S/C18H21N5O2/c24-13-15(14-7-2-1-3-8-14)20-18(25)19-11-6-10-17-22-21-16-9-4-5-12-23(16)17/h1-5,7-9,12,15,24H,6,10-11,13H2,(H2,19,20,25). The molecule has 0 bridgehead atoms. The highest BCUT2D eigenvalue weighted by atomic mass is 16.3. The van der Waals surface area contributed by atoms with E-state index in [1.807, 2.05) is 59.1 Å². The first-order valence-electron chi connectivity index (χ1n) is 8.27. The summed E-state index contributed by atoms with van der Waals surface area (Å²) in [6.07, 6.45) is 3.39. The highest BCUT2D eigenvalue weighted by Gasteiger charge is 2.12. The van der Waals surface area contributed by atoms with Gasteiger partial charge >= 0.3 is 6.03 Å². The summed E-state index contributed by atoms with van der Waals surface area (Å²) >= 11 is 0. The van der Waals surface area contributed by atoms with Crippen molar-refractivity contribution in [2.24, 2.45) is 0 Å². The molecule has 3 rings (SSSR count). The number of nitrogens with zero attached hydrogens (tertiary/aromatic N) is 3. The van der Waals surface area contributed by atoms with Crippen molar-refractivity contribution in [3.05, 3.63) is 66.1 Å². The number of urea groups is 1. The molecule has 0 aliphatic heterocycles. The number of carbonyl (C=O) groups is 1. The Morgan fingerprint density at radius 2 is 1.92 bits per heavy atom. The summed E-state index contributed by atoms with van der Waals surface area (Å²) in [4.78, 5) is 12.0. The van der Waals surface area contributed by atoms with Crippen molar-refractivity contribution in [2.75, 3.05) is 13.2 Å². The lowest BCUT2D eigenvalue weighted by Gasteiger charge is -2.17. The predicted molar refractivity (Wildman–Crippen MR) is 94.1 cm³/mol. The van der Waals surface area contributed by atoms with Crippen LogP contribution in [0.4, 0.5) is 4.79 Å². The van der Waals surface area contributed by atoms with E-state index in [0.29, 0.717) is 13.0 Å². The van der Waals surface area contributed by atoms with Crippen LogP contribution in [-0.4, -0.2) is 38.9 Å². The molecule has 0 aliphatic rings. The van der Waals surface area contributed by atoms with Crippen molar-refractivity contribution in [1.29, 1.82) is 0 Å². The van der Waals surface area contributed by atoms with E-state index in [4.69, 9.17) is 0 Å². The van der Waals surface area contributed by atoms with Crippen LogP contribution in [0.1, 0.15) is 23.9 Å². The van der Waals surface area contributed by atoms with Crippen LogP contribution >= 0.6 is 0 Å². The molecule has 0 radical (unpaired) electrons. The summed E-state index contributed by atoms with van der Waals surface area (Å²) in [5, 5.41) is 23.3. The zero-order chi connectivity index (χ0) is 17.5. The molecule has 25 heavy (non-hydrogen) atoms. The zero-order valence-electron chi connectivity index (χ0n) is 13.8. The van der Waals surface area contributed by atoms with Crippen LogP contribution in [0.3, 0.4) is 0 Å². The molecule has 1 unspecified atom stereocenters. The first-order valence-corrected chi connectivity index (χ1v) is 8.27. The largest absolute Gasteiger partial charge is 0.394 e. The first kappa shape index (κ1) is 16.9. The number of hydrogen-bond donors (Lipinski definition) is 3. The Bertz CT molecular complexity index is 818. The molecule has 0 spiro atoms. The molecule has 7 nitrogen and oxygen atoms in total. The Morgan fingerprint density at radius 1 is 1.12 bits per heavy atom. The minimum absolute atomic E-state index is 0.150. The van der Waals surface area contributed by atoms with Crippen LogP contribution in [0.25, 0.3) is 5.65 Å². The van der Waals surface area contributed by atoms with Gasteiger partial charge in [0.25, 0.3) is 0 Å². The topological polar surface area (TPSA) is 91.6 Å². The third kappa shape index (κ3) is 4.33. The van der Waals surface area contributed by atoms with E-state index in [-0.39, 0.29) is 12.6 Å². The molecule has 3 aromatic rings. The van der Waals surface area contributed by atoms with Gasteiger partial charge in [-0.05, 0) is 24.1 Å².